The first-order valence-electron chi connectivity index (χ1n) is 9.88. The fraction of sp³-hybridized carbons (Fsp3) is 0.619. The highest BCUT2D eigenvalue weighted by molar-refractivity contribution is 6.32. The summed E-state index contributed by atoms with van der Waals surface area (Å²) in [6.07, 6.45) is 1.86. The molecule has 1 spiro atoms. The molecule has 2 aliphatic heterocycles. The van der Waals surface area contributed by atoms with Crippen molar-refractivity contribution in [1.29, 1.82) is 0 Å². The quantitative estimate of drug-likeness (QED) is 0.800. The van der Waals surface area contributed by atoms with E-state index in [1.54, 1.807) is 48.0 Å². The molecule has 0 saturated carbocycles. The van der Waals surface area contributed by atoms with Gasteiger partial charge in [0.2, 0.25) is 5.91 Å². The predicted molar refractivity (Wildman–Crippen MR) is 109 cm³/mol. The minimum Gasteiger partial charge on any atom is -0.482 e. The lowest BCUT2D eigenvalue weighted by Gasteiger charge is -2.52. The van der Waals surface area contributed by atoms with Crippen LogP contribution in [0.3, 0.4) is 0 Å². The second kappa shape index (κ2) is 8.50. The Morgan fingerprint density at radius 2 is 2.00 bits per heavy atom. The van der Waals surface area contributed by atoms with Gasteiger partial charge in [-0.05, 0) is 38.3 Å². The molecule has 0 unspecified atom stereocenters. The van der Waals surface area contributed by atoms with Crippen LogP contribution in [0.2, 0.25) is 5.02 Å². The van der Waals surface area contributed by atoms with E-state index in [1.807, 2.05) is 0 Å². The zero-order valence-corrected chi connectivity index (χ0v) is 17.9. The van der Waals surface area contributed by atoms with E-state index in [0.29, 0.717) is 43.1 Å². The van der Waals surface area contributed by atoms with Gasteiger partial charge in [-0.3, -0.25) is 9.59 Å². The van der Waals surface area contributed by atoms with E-state index in [4.69, 9.17) is 21.1 Å². The Balaban J connectivity index is 1.57. The van der Waals surface area contributed by atoms with Crippen molar-refractivity contribution in [2.24, 2.45) is 0 Å². The number of hydrogen-bond acceptors (Lipinski definition) is 5. The van der Waals surface area contributed by atoms with Crippen LogP contribution in [-0.4, -0.2) is 77.3 Å². The second-order valence-corrected chi connectivity index (χ2v) is 8.69. The molecule has 1 aromatic carbocycles. The average molecular weight is 425 g/mol. The van der Waals surface area contributed by atoms with Crippen LogP contribution >= 0.6 is 11.6 Å². The standard InChI is InChI=1S/C21H29ClN2O5/c1-15(25)23(3)18-12-21(29-14-20(18,2)27)8-10-24(11-9-21)19(26)13-28-17-7-5-4-6-16(17)22/h4-7,18,27H,8-14H2,1-3H3/t18-,20-/m0/s1. The highest BCUT2D eigenvalue weighted by Crippen LogP contribution is 2.40. The van der Waals surface area contributed by atoms with Crippen molar-refractivity contribution in [3.63, 3.8) is 0 Å². The van der Waals surface area contributed by atoms with E-state index in [9.17, 15) is 14.7 Å². The first kappa shape index (κ1) is 21.9. The summed E-state index contributed by atoms with van der Waals surface area (Å²) in [6, 6.07) is 6.74. The Labute approximate surface area is 176 Å². The number of halogens is 1. The van der Waals surface area contributed by atoms with E-state index in [1.165, 1.54) is 6.92 Å². The van der Waals surface area contributed by atoms with Crippen LogP contribution in [0.15, 0.2) is 24.3 Å². The average Bonchev–Trinajstić information content (AvgIpc) is 2.69. The van der Waals surface area contributed by atoms with Crippen LogP contribution in [0.25, 0.3) is 0 Å². The van der Waals surface area contributed by atoms with Gasteiger partial charge in [0.25, 0.3) is 5.91 Å². The molecule has 2 fully saturated rings. The van der Waals surface area contributed by atoms with E-state index in [-0.39, 0.29) is 31.1 Å². The number of rotatable bonds is 4. The Morgan fingerprint density at radius 1 is 1.34 bits per heavy atom. The summed E-state index contributed by atoms with van der Waals surface area (Å²) >= 11 is 6.06. The third kappa shape index (κ3) is 4.85. The van der Waals surface area contributed by atoms with Gasteiger partial charge in [0.1, 0.15) is 11.4 Å². The van der Waals surface area contributed by atoms with Gasteiger partial charge in [-0.25, -0.2) is 0 Å². The number of ether oxygens (including phenoxy) is 2. The van der Waals surface area contributed by atoms with Gasteiger partial charge in [0, 0.05) is 27.1 Å². The fourth-order valence-electron chi connectivity index (χ4n) is 4.10. The Bertz CT molecular complexity index is 761. The molecule has 2 amide bonds. The van der Waals surface area contributed by atoms with Crippen molar-refractivity contribution in [3.8, 4) is 5.75 Å². The van der Waals surface area contributed by atoms with Crippen molar-refractivity contribution in [1.82, 2.24) is 9.80 Å². The fourth-order valence-corrected chi connectivity index (χ4v) is 4.30. The monoisotopic (exact) mass is 424 g/mol. The molecule has 0 aliphatic carbocycles. The van der Waals surface area contributed by atoms with E-state index >= 15 is 0 Å². The van der Waals surface area contributed by atoms with Crippen LogP contribution in [0, 0.1) is 0 Å². The van der Waals surface area contributed by atoms with Gasteiger partial charge in [0.15, 0.2) is 6.61 Å². The molecular formula is C21H29ClN2O5. The smallest absolute Gasteiger partial charge is 0.260 e. The van der Waals surface area contributed by atoms with Gasteiger partial charge < -0.3 is 24.4 Å². The molecule has 7 nitrogen and oxygen atoms in total. The molecule has 29 heavy (non-hydrogen) atoms. The molecule has 160 valence electrons. The lowest BCUT2D eigenvalue weighted by molar-refractivity contribution is -0.209. The molecule has 2 aliphatic rings. The van der Waals surface area contributed by atoms with Crippen LogP contribution in [-0.2, 0) is 14.3 Å². The number of para-hydroxylation sites is 1. The van der Waals surface area contributed by atoms with Crippen molar-refractivity contribution in [3.05, 3.63) is 29.3 Å². The van der Waals surface area contributed by atoms with Gasteiger partial charge in [-0.2, -0.15) is 0 Å². The predicted octanol–water partition coefficient (Wildman–Crippen LogP) is 2.10. The number of aliphatic hydroxyl groups is 1. The summed E-state index contributed by atoms with van der Waals surface area (Å²) in [5.74, 6) is 0.306. The molecular weight excluding hydrogens is 396 g/mol. The summed E-state index contributed by atoms with van der Waals surface area (Å²) in [6.45, 7) is 4.39. The Morgan fingerprint density at radius 3 is 2.62 bits per heavy atom. The van der Waals surface area contributed by atoms with Gasteiger partial charge in [-0.1, -0.05) is 23.7 Å². The number of piperidine rings is 1. The zero-order valence-electron chi connectivity index (χ0n) is 17.2. The maximum absolute atomic E-state index is 12.5. The number of carbonyl (C=O) groups is 2. The highest BCUT2D eigenvalue weighted by Gasteiger charge is 2.50. The normalized spacial score (nSPS) is 26.2. The molecule has 1 N–H and O–H groups in total. The van der Waals surface area contributed by atoms with Gasteiger partial charge in [-0.15, -0.1) is 0 Å². The molecule has 8 heteroatoms. The summed E-state index contributed by atoms with van der Waals surface area (Å²) < 4.78 is 11.6. The third-order valence-corrected chi connectivity index (χ3v) is 6.45. The third-order valence-electron chi connectivity index (χ3n) is 6.13. The van der Waals surface area contributed by atoms with Crippen LogP contribution in [0.5, 0.6) is 5.75 Å². The van der Waals surface area contributed by atoms with E-state index in [0.717, 1.165) is 0 Å². The number of likely N-dealkylation sites (N-methyl/N-ethyl adjacent to an activating group) is 1. The van der Waals surface area contributed by atoms with Crippen molar-refractivity contribution in [2.75, 3.05) is 33.4 Å². The van der Waals surface area contributed by atoms with Crippen LogP contribution in [0.1, 0.15) is 33.1 Å². The van der Waals surface area contributed by atoms with E-state index in [2.05, 4.69) is 0 Å². The first-order valence-corrected chi connectivity index (χ1v) is 10.3. The molecule has 3 rings (SSSR count). The maximum Gasteiger partial charge on any atom is 0.260 e. The number of nitrogens with zero attached hydrogens (tertiary/aromatic N) is 2. The maximum atomic E-state index is 12.5. The highest BCUT2D eigenvalue weighted by atomic mass is 35.5. The van der Waals surface area contributed by atoms with Gasteiger partial charge >= 0.3 is 0 Å². The van der Waals surface area contributed by atoms with Crippen LogP contribution < -0.4 is 4.74 Å². The van der Waals surface area contributed by atoms with Crippen molar-refractivity contribution < 1.29 is 24.2 Å². The summed E-state index contributed by atoms with van der Waals surface area (Å²) in [7, 11) is 1.71. The lowest BCUT2D eigenvalue weighted by atomic mass is 9.77. The first-order chi connectivity index (χ1) is 13.6. The van der Waals surface area contributed by atoms with Crippen LogP contribution in [0.4, 0.5) is 0 Å². The van der Waals surface area contributed by atoms with Crippen molar-refractivity contribution >= 4 is 23.4 Å². The zero-order chi connectivity index (χ0) is 21.2. The van der Waals surface area contributed by atoms with Crippen molar-refractivity contribution in [2.45, 2.75) is 50.4 Å². The summed E-state index contributed by atoms with van der Waals surface area (Å²) in [4.78, 5) is 27.8. The molecule has 0 aromatic heterocycles. The largest absolute Gasteiger partial charge is 0.482 e. The molecule has 0 bridgehead atoms. The molecule has 1 aromatic rings. The molecule has 2 saturated heterocycles. The summed E-state index contributed by atoms with van der Waals surface area (Å²) in [5, 5.41) is 11.2. The number of amides is 2. The minimum atomic E-state index is -1.10. The topological polar surface area (TPSA) is 79.3 Å². The minimum absolute atomic E-state index is 0.0675. The number of likely N-dealkylation sites (tertiary alicyclic amines) is 1. The Hall–Kier alpha value is -1.83. The molecule has 2 heterocycles. The second-order valence-electron chi connectivity index (χ2n) is 8.28. The van der Waals surface area contributed by atoms with Gasteiger partial charge in [0.05, 0.1) is 23.3 Å². The SMILES string of the molecule is CC(=O)N(C)[C@H]1CC2(CCN(C(=O)COc3ccccc3Cl)CC2)OC[C@]1(C)O. The lowest BCUT2D eigenvalue weighted by Crippen LogP contribution is -2.64. The molecule has 2 atom stereocenters. The summed E-state index contributed by atoms with van der Waals surface area (Å²) in [5.41, 5.74) is -1.53. The Kier molecular flexibility index (Phi) is 6.41. The number of hydrogen-bond donors (Lipinski definition) is 1. The number of carbonyl (C=O) groups excluding carboxylic acids is 2. The van der Waals surface area contributed by atoms with E-state index < -0.39 is 11.2 Å². The molecule has 0 radical (unpaired) electrons. The number of benzene rings is 1.